The molecule has 21 heavy (non-hydrogen) atoms. The van der Waals surface area contributed by atoms with Gasteiger partial charge in [0.15, 0.2) is 0 Å². The molecule has 2 N–H and O–H groups in total. The molecule has 4 heteroatoms. The van der Waals surface area contributed by atoms with Crippen LogP contribution in [0.25, 0.3) is 0 Å². The van der Waals surface area contributed by atoms with E-state index < -0.39 is 0 Å². The van der Waals surface area contributed by atoms with E-state index in [2.05, 4.69) is 50.4 Å². The van der Waals surface area contributed by atoms with Crippen LogP contribution in [0.5, 0.6) is 0 Å². The van der Waals surface area contributed by atoms with Crippen LogP contribution in [-0.4, -0.2) is 34.6 Å². The lowest BCUT2D eigenvalue weighted by atomic mass is 10.0. The maximum Gasteiger partial charge on any atom is 0.131 e. The van der Waals surface area contributed by atoms with E-state index in [1.807, 2.05) is 6.20 Å². The van der Waals surface area contributed by atoms with Crippen molar-refractivity contribution in [2.24, 2.45) is 5.73 Å². The van der Waals surface area contributed by atoms with Gasteiger partial charge in [0, 0.05) is 35.8 Å². The zero-order valence-electron chi connectivity index (χ0n) is 13.9. The molecule has 0 aliphatic carbocycles. The third-order valence-corrected chi connectivity index (χ3v) is 5.64. The van der Waals surface area contributed by atoms with E-state index in [0.29, 0.717) is 4.75 Å². The molecular weight excluding hydrogens is 278 g/mol. The molecule has 1 aromatic rings. The van der Waals surface area contributed by atoms with Crippen LogP contribution >= 0.6 is 11.8 Å². The number of nitrogens with two attached hydrogens (primary N) is 1. The van der Waals surface area contributed by atoms with Crippen LogP contribution in [0.2, 0.25) is 0 Å². The minimum absolute atomic E-state index is 0.243. The molecule has 2 rings (SSSR count). The van der Waals surface area contributed by atoms with Crippen LogP contribution in [0.1, 0.15) is 44.7 Å². The molecule has 0 bridgehead atoms. The predicted molar refractivity (Wildman–Crippen MR) is 94.3 cm³/mol. The summed E-state index contributed by atoms with van der Waals surface area (Å²) in [6, 6.07) is 2.51. The fraction of sp³-hybridized carbons (Fsp3) is 0.706. The summed E-state index contributed by atoms with van der Waals surface area (Å²) in [5.74, 6) is 2.33. The Balaban J connectivity index is 2.10. The largest absolute Gasteiger partial charge is 0.356 e. The molecule has 0 aromatic carbocycles. The highest BCUT2D eigenvalue weighted by Gasteiger charge is 2.24. The van der Waals surface area contributed by atoms with Crippen molar-refractivity contribution in [2.75, 3.05) is 23.7 Å². The lowest BCUT2D eigenvalue weighted by Gasteiger charge is -2.25. The molecule has 0 saturated carbocycles. The quantitative estimate of drug-likeness (QED) is 0.926. The van der Waals surface area contributed by atoms with Crippen LogP contribution in [0.15, 0.2) is 12.3 Å². The van der Waals surface area contributed by atoms with Gasteiger partial charge in [0.05, 0.1) is 0 Å². The number of thioether (sulfide) groups is 1. The van der Waals surface area contributed by atoms with Crippen LogP contribution < -0.4 is 10.6 Å². The molecule has 1 fully saturated rings. The minimum Gasteiger partial charge on any atom is -0.356 e. The number of nitrogens with zero attached hydrogens (tertiary/aromatic N) is 2. The van der Waals surface area contributed by atoms with Crippen LogP contribution in [-0.2, 0) is 6.42 Å². The second kappa shape index (κ2) is 7.01. The normalized spacial score (nSPS) is 20.1. The maximum absolute atomic E-state index is 6.05. The van der Waals surface area contributed by atoms with Gasteiger partial charge >= 0.3 is 0 Å². The molecule has 2 heterocycles. The Bertz CT molecular complexity index is 473. The number of aromatic nitrogens is 1. The first kappa shape index (κ1) is 16.6. The van der Waals surface area contributed by atoms with Gasteiger partial charge in [0.25, 0.3) is 0 Å². The summed E-state index contributed by atoms with van der Waals surface area (Å²) in [6.07, 6.45) is 5.16. The Labute approximate surface area is 133 Å². The van der Waals surface area contributed by atoms with E-state index >= 15 is 0 Å². The molecule has 1 atom stereocenters. The molecule has 0 radical (unpaired) electrons. The second-order valence-electron chi connectivity index (χ2n) is 6.70. The summed E-state index contributed by atoms with van der Waals surface area (Å²) in [5, 5.41) is 0. The Morgan fingerprint density at radius 1 is 1.43 bits per heavy atom. The second-order valence-corrected chi connectivity index (χ2v) is 8.50. The summed E-state index contributed by atoms with van der Waals surface area (Å²) in [5.41, 5.74) is 8.58. The van der Waals surface area contributed by atoms with E-state index in [9.17, 15) is 0 Å². The monoisotopic (exact) mass is 307 g/mol. The zero-order chi connectivity index (χ0) is 15.5. The van der Waals surface area contributed by atoms with Crippen molar-refractivity contribution in [3.63, 3.8) is 0 Å². The van der Waals surface area contributed by atoms with Crippen LogP contribution in [0.4, 0.5) is 5.82 Å². The summed E-state index contributed by atoms with van der Waals surface area (Å²) in [7, 11) is 0. The van der Waals surface area contributed by atoms with Gasteiger partial charge < -0.3 is 10.6 Å². The maximum atomic E-state index is 6.05. The molecule has 1 aliphatic heterocycles. The fourth-order valence-electron chi connectivity index (χ4n) is 2.75. The summed E-state index contributed by atoms with van der Waals surface area (Å²) in [6.45, 7) is 11.2. The average molecular weight is 308 g/mol. The molecule has 1 aliphatic rings. The van der Waals surface area contributed by atoms with Gasteiger partial charge in [0.2, 0.25) is 0 Å². The van der Waals surface area contributed by atoms with Crippen molar-refractivity contribution < 1.29 is 0 Å². The van der Waals surface area contributed by atoms with Gasteiger partial charge in [-0.15, -0.1) is 0 Å². The average Bonchev–Trinajstić information content (AvgIpc) is 2.60. The first-order valence-corrected chi connectivity index (χ1v) is 9.00. The molecule has 0 spiro atoms. The fourth-order valence-corrected chi connectivity index (χ4v) is 3.85. The zero-order valence-corrected chi connectivity index (χ0v) is 14.7. The Morgan fingerprint density at radius 2 is 2.19 bits per heavy atom. The Kier molecular flexibility index (Phi) is 5.55. The topological polar surface area (TPSA) is 42.1 Å². The first-order chi connectivity index (χ1) is 9.91. The Morgan fingerprint density at radius 3 is 2.86 bits per heavy atom. The molecule has 0 amide bonds. The van der Waals surface area contributed by atoms with Crippen molar-refractivity contribution in [1.29, 1.82) is 0 Å². The number of anilines is 1. The first-order valence-electron chi connectivity index (χ1n) is 8.01. The van der Waals surface area contributed by atoms with Crippen molar-refractivity contribution in [3.8, 4) is 0 Å². The SMILES string of the molecule is CCC(N)Cc1cnc(N2CCSC(C)(C)CC2)c(C)c1. The van der Waals surface area contributed by atoms with E-state index in [-0.39, 0.29) is 6.04 Å². The number of pyridine rings is 1. The molecule has 1 unspecified atom stereocenters. The smallest absolute Gasteiger partial charge is 0.131 e. The van der Waals surface area contributed by atoms with Gasteiger partial charge in [-0.3, -0.25) is 0 Å². The Hall–Kier alpha value is -0.740. The third kappa shape index (κ3) is 4.62. The summed E-state index contributed by atoms with van der Waals surface area (Å²) >= 11 is 2.07. The highest BCUT2D eigenvalue weighted by atomic mass is 32.2. The van der Waals surface area contributed by atoms with E-state index in [1.165, 1.54) is 23.3 Å². The minimum atomic E-state index is 0.243. The molecule has 1 saturated heterocycles. The number of hydrogen-bond acceptors (Lipinski definition) is 4. The molecule has 118 valence electrons. The number of aryl methyl sites for hydroxylation is 1. The van der Waals surface area contributed by atoms with Gasteiger partial charge in [-0.1, -0.05) is 26.8 Å². The summed E-state index contributed by atoms with van der Waals surface area (Å²) in [4.78, 5) is 7.18. The van der Waals surface area contributed by atoms with E-state index in [1.54, 1.807) is 0 Å². The van der Waals surface area contributed by atoms with Crippen molar-refractivity contribution in [1.82, 2.24) is 4.98 Å². The number of hydrogen-bond donors (Lipinski definition) is 1. The van der Waals surface area contributed by atoms with Gasteiger partial charge in [0.1, 0.15) is 5.82 Å². The van der Waals surface area contributed by atoms with Gasteiger partial charge in [-0.25, -0.2) is 4.98 Å². The van der Waals surface area contributed by atoms with Crippen molar-refractivity contribution in [2.45, 2.75) is 57.7 Å². The summed E-state index contributed by atoms with van der Waals surface area (Å²) < 4.78 is 0.385. The van der Waals surface area contributed by atoms with Gasteiger partial charge in [-0.2, -0.15) is 11.8 Å². The highest BCUT2D eigenvalue weighted by molar-refractivity contribution is 8.00. The molecular formula is C17H29N3S. The molecule has 1 aromatic heterocycles. The third-order valence-electron chi connectivity index (χ3n) is 4.27. The lowest BCUT2D eigenvalue weighted by molar-refractivity contribution is 0.632. The van der Waals surface area contributed by atoms with E-state index in [4.69, 9.17) is 10.7 Å². The van der Waals surface area contributed by atoms with Crippen molar-refractivity contribution >= 4 is 17.6 Å². The van der Waals surface area contributed by atoms with E-state index in [0.717, 1.165) is 31.7 Å². The number of rotatable bonds is 4. The lowest BCUT2D eigenvalue weighted by Crippen LogP contribution is -2.28. The van der Waals surface area contributed by atoms with Crippen LogP contribution in [0.3, 0.4) is 0 Å². The standard InChI is InChI=1S/C17H29N3S/c1-5-15(18)11-14-10-13(2)16(19-12-14)20-7-6-17(3,4)21-9-8-20/h10,12,15H,5-9,11,18H2,1-4H3. The molecule has 3 nitrogen and oxygen atoms in total. The predicted octanol–water partition coefficient (Wildman–Crippen LogP) is 3.39. The highest BCUT2D eigenvalue weighted by Crippen LogP contribution is 2.32. The van der Waals surface area contributed by atoms with Gasteiger partial charge in [-0.05, 0) is 37.3 Å². The van der Waals surface area contributed by atoms with Crippen molar-refractivity contribution in [3.05, 3.63) is 23.4 Å². The van der Waals surface area contributed by atoms with Crippen LogP contribution in [0, 0.1) is 6.92 Å².